The molecule has 1 heterocycles. The van der Waals surface area contributed by atoms with Gasteiger partial charge in [-0.15, -0.1) is 0 Å². The first kappa shape index (κ1) is 12.7. The molecular formula is C13H13FN2OS. The number of methoxy groups -OCH3 is 1. The third-order valence-electron chi connectivity index (χ3n) is 2.76. The van der Waals surface area contributed by atoms with Crippen LogP contribution < -0.4 is 4.74 Å². The maximum absolute atomic E-state index is 13.7. The lowest BCUT2D eigenvalue weighted by Crippen LogP contribution is -1.97. The Hall–Kier alpha value is -1.75. The molecule has 1 N–H and O–H groups in total. The number of nitrogens with one attached hydrogen (secondary N) is 1. The number of nitrogens with zero attached hydrogens (tertiary/aromatic N) is 1. The first-order valence-electron chi connectivity index (χ1n) is 5.44. The second kappa shape index (κ2) is 4.86. The molecule has 94 valence electrons. The standard InChI is InChI=1S/C13H13FN2OS/c1-7-8(2)16-13(18)12(15-7)9-4-5-11(17-3)10(14)6-9/h4-6H,1-3H3,(H,16,18). The van der Waals surface area contributed by atoms with E-state index in [4.69, 9.17) is 17.0 Å². The van der Waals surface area contributed by atoms with E-state index in [9.17, 15) is 4.39 Å². The fraction of sp³-hybridized carbons (Fsp3) is 0.231. The summed E-state index contributed by atoms with van der Waals surface area (Å²) in [5, 5.41) is 0. The maximum Gasteiger partial charge on any atom is 0.165 e. The smallest absolute Gasteiger partial charge is 0.165 e. The second-order valence-corrected chi connectivity index (χ2v) is 4.38. The number of hydrogen-bond acceptors (Lipinski definition) is 3. The van der Waals surface area contributed by atoms with Crippen molar-refractivity contribution >= 4 is 12.2 Å². The molecule has 0 aliphatic heterocycles. The largest absolute Gasteiger partial charge is 0.494 e. The Balaban J connectivity index is 2.59. The van der Waals surface area contributed by atoms with Gasteiger partial charge in [-0.1, -0.05) is 12.2 Å². The SMILES string of the molecule is COc1ccc(-c2nc(C)c(C)[nH]c2=S)cc1F. The first-order valence-corrected chi connectivity index (χ1v) is 5.85. The van der Waals surface area contributed by atoms with Gasteiger partial charge in [0.2, 0.25) is 0 Å². The molecule has 0 amide bonds. The molecule has 5 heteroatoms. The summed E-state index contributed by atoms with van der Waals surface area (Å²) < 4.78 is 19.0. The zero-order chi connectivity index (χ0) is 13.3. The molecule has 0 spiro atoms. The van der Waals surface area contributed by atoms with Crippen LogP contribution in [0.2, 0.25) is 0 Å². The van der Waals surface area contributed by atoms with Crippen molar-refractivity contribution < 1.29 is 9.13 Å². The van der Waals surface area contributed by atoms with Gasteiger partial charge in [0.25, 0.3) is 0 Å². The molecule has 0 bridgehead atoms. The molecule has 1 aromatic heterocycles. The topological polar surface area (TPSA) is 37.9 Å². The fourth-order valence-electron chi connectivity index (χ4n) is 1.63. The van der Waals surface area contributed by atoms with Crippen LogP contribution in [0, 0.1) is 24.3 Å². The molecule has 0 radical (unpaired) electrons. The highest BCUT2D eigenvalue weighted by atomic mass is 32.1. The predicted molar refractivity (Wildman–Crippen MR) is 70.8 cm³/mol. The van der Waals surface area contributed by atoms with Gasteiger partial charge in [-0.05, 0) is 32.0 Å². The lowest BCUT2D eigenvalue weighted by molar-refractivity contribution is 0.386. The number of hydrogen-bond donors (Lipinski definition) is 1. The van der Waals surface area contributed by atoms with Crippen LogP contribution in [0.4, 0.5) is 4.39 Å². The minimum atomic E-state index is -0.426. The van der Waals surface area contributed by atoms with E-state index in [1.165, 1.54) is 13.2 Å². The van der Waals surface area contributed by atoms with E-state index in [2.05, 4.69) is 9.97 Å². The summed E-state index contributed by atoms with van der Waals surface area (Å²) in [5.41, 5.74) is 2.97. The molecule has 0 unspecified atom stereocenters. The highest BCUT2D eigenvalue weighted by Gasteiger charge is 2.09. The number of ether oxygens (including phenoxy) is 1. The molecule has 0 aliphatic rings. The molecule has 0 saturated heterocycles. The molecule has 2 rings (SSSR count). The molecule has 0 saturated carbocycles. The van der Waals surface area contributed by atoms with Gasteiger partial charge in [0.1, 0.15) is 10.3 Å². The number of aromatic amines is 1. The minimum Gasteiger partial charge on any atom is -0.494 e. The van der Waals surface area contributed by atoms with Crippen LogP contribution in [-0.4, -0.2) is 17.1 Å². The van der Waals surface area contributed by atoms with Crippen molar-refractivity contribution in [1.29, 1.82) is 0 Å². The molecular weight excluding hydrogens is 251 g/mol. The number of halogens is 1. The number of rotatable bonds is 2. The Morgan fingerprint density at radius 1 is 1.33 bits per heavy atom. The van der Waals surface area contributed by atoms with Crippen LogP contribution in [0.25, 0.3) is 11.3 Å². The lowest BCUT2D eigenvalue weighted by atomic mass is 10.1. The van der Waals surface area contributed by atoms with Gasteiger partial charge < -0.3 is 9.72 Å². The average molecular weight is 264 g/mol. The van der Waals surface area contributed by atoms with E-state index in [-0.39, 0.29) is 5.75 Å². The number of aryl methyl sites for hydroxylation is 2. The van der Waals surface area contributed by atoms with E-state index in [1.807, 2.05) is 13.8 Å². The summed E-state index contributed by atoms with van der Waals surface area (Å²) in [6.45, 7) is 3.78. The number of aromatic nitrogens is 2. The molecule has 0 fully saturated rings. The third-order valence-corrected chi connectivity index (χ3v) is 3.06. The summed E-state index contributed by atoms with van der Waals surface area (Å²) >= 11 is 5.21. The fourth-order valence-corrected chi connectivity index (χ4v) is 1.95. The van der Waals surface area contributed by atoms with Crippen LogP contribution in [0.1, 0.15) is 11.4 Å². The van der Waals surface area contributed by atoms with E-state index in [0.29, 0.717) is 15.9 Å². The highest BCUT2D eigenvalue weighted by molar-refractivity contribution is 7.71. The molecule has 3 nitrogen and oxygen atoms in total. The van der Waals surface area contributed by atoms with E-state index in [0.717, 1.165) is 11.4 Å². The van der Waals surface area contributed by atoms with Gasteiger partial charge in [0.15, 0.2) is 11.6 Å². The highest BCUT2D eigenvalue weighted by Crippen LogP contribution is 2.25. The zero-order valence-corrected chi connectivity index (χ0v) is 11.2. The van der Waals surface area contributed by atoms with Gasteiger partial charge in [0.05, 0.1) is 12.8 Å². The van der Waals surface area contributed by atoms with Crippen LogP contribution >= 0.6 is 12.2 Å². The van der Waals surface area contributed by atoms with Gasteiger partial charge in [0, 0.05) is 11.3 Å². The summed E-state index contributed by atoms with van der Waals surface area (Å²) in [6.07, 6.45) is 0. The summed E-state index contributed by atoms with van der Waals surface area (Å²) in [7, 11) is 1.43. The summed E-state index contributed by atoms with van der Waals surface area (Å²) in [4.78, 5) is 7.45. The van der Waals surface area contributed by atoms with E-state index < -0.39 is 5.82 Å². The predicted octanol–water partition coefficient (Wildman–Crippen LogP) is 3.57. The monoisotopic (exact) mass is 264 g/mol. The zero-order valence-electron chi connectivity index (χ0n) is 10.4. The minimum absolute atomic E-state index is 0.206. The Labute approximate surface area is 110 Å². The van der Waals surface area contributed by atoms with Gasteiger partial charge in [-0.25, -0.2) is 9.37 Å². The normalized spacial score (nSPS) is 10.4. The van der Waals surface area contributed by atoms with Crippen molar-refractivity contribution in [3.63, 3.8) is 0 Å². The quantitative estimate of drug-likeness (QED) is 0.843. The second-order valence-electron chi connectivity index (χ2n) is 3.97. The van der Waals surface area contributed by atoms with E-state index >= 15 is 0 Å². The van der Waals surface area contributed by atoms with Crippen LogP contribution in [0.5, 0.6) is 5.75 Å². The van der Waals surface area contributed by atoms with Crippen molar-refractivity contribution in [3.8, 4) is 17.0 Å². The molecule has 0 aliphatic carbocycles. The van der Waals surface area contributed by atoms with Crippen molar-refractivity contribution in [1.82, 2.24) is 9.97 Å². The third kappa shape index (κ3) is 2.26. The Bertz CT molecular complexity index is 652. The maximum atomic E-state index is 13.7. The van der Waals surface area contributed by atoms with Gasteiger partial charge in [-0.2, -0.15) is 0 Å². The number of H-pyrrole nitrogens is 1. The van der Waals surface area contributed by atoms with Crippen LogP contribution in [-0.2, 0) is 0 Å². The Morgan fingerprint density at radius 2 is 2.06 bits per heavy atom. The van der Waals surface area contributed by atoms with Crippen molar-refractivity contribution in [2.24, 2.45) is 0 Å². The molecule has 0 atom stereocenters. The van der Waals surface area contributed by atoms with Crippen molar-refractivity contribution in [3.05, 3.63) is 40.0 Å². The Morgan fingerprint density at radius 3 is 2.67 bits per heavy atom. The average Bonchev–Trinajstić information content (AvgIpc) is 2.33. The van der Waals surface area contributed by atoms with Crippen LogP contribution in [0.3, 0.4) is 0 Å². The first-order chi connectivity index (χ1) is 8.52. The van der Waals surface area contributed by atoms with Crippen molar-refractivity contribution in [2.45, 2.75) is 13.8 Å². The lowest BCUT2D eigenvalue weighted by Gasteiger charge is -2.07. The van der Waals surface area contributed by atoms with Crippen molar-refractivity contribution in [2.75, 3.05) is 7.11 Å². The van der Waals surface area contributed by atoms with E-state index in [1.54, 1.807) is 12.1 Å². The Kier molecular flexibility index (Phi) is 3.43. The van der Waals surface area contributed by atoms with Gasteiger partial charge >= 0.3 is 0 Å². The van der Waals surface area contributed by atoms with Gasteiger partial charge in [-0.3, -0.25) is 0 Å². The summed E-state index contributed by atoms with van der Waals surface area (Å²) in [6, 6.07) is 4.68. The van der Waals surface area contributed by atoms with Crippen LogP contribution in [0.15, 0.2) is 18.2 Å². The number of benzene rings is 1. The molecule has 1 aromatic carbocycles. The molecule has 2 aromatic rings. The molecule has 18 heavy (non-hydrogen) atoms. The summed E-state index contributed by atoms with van der Waals surface area (Å²) in [5.74, 6) is -0.220.